The molecular weight excluding hydrogens is 744 g/mol. The van der Waals surface area contributed by atoms with Crippen LogP contribution in [0.4, 0.5) is 0 Å². The zero-order chi connectivity index (χ0) is 42.8. The molecule has 0 aromatic heterocycles. The van der Waals surface area contributed by atoms with Crippen LogP contribution in [0, 0.1) is 0 Å². The molecule has 0 aliphatic carbocycles. The first-order chi connectivity index (χ1) is 28.0. The van der Waals surface area contributed by atoms with Crippen molar-refractivity contribution in [2.75, 3.05) is 40.9 Å². The van der Waals surface area contributed by atoms with Crippen molar-refractivity contribution < 1.29 is 32.9 Å². The van der Waals surface area contributed by atoms with Gasteiger partial charge in [0.2, 0.25) is 5.91 Å². The Morgan fingerprint density at radius 2 is 0.948 bits per heavy atom. The molecule has 344 valence electrons. The first-order valence-corrected chi connectivity index (χ1v) is 26.2. The highest BCUT2D eigenvalue weighted by atomic mass is 31.2. The van der Waals surface area contributed by atoms with Crippen LogP contribution in [0.15, 0.2) is 24.3 Å². The molecule has 0 spiro atoms. The molecule has 0 saturated heterocycles. The van der Waals surface area contributed by atoms with Gasteiger partial charge in [-0.15, -0.1) is 0 Å². The molecule has 0 heterocycles. The van der Waals surface area contributed by atoms with Crippen molar-refractivity contribution in [3.8, 4) is 0 Å². The highest BCUT2D eigenvalue weighted by Crippen LogP contribution is 2.43. The van der Waals surface area contributed by atoms with Gasteiger partial charge >= 0.3 is 7.82 Å². The topological polar surface area (TPSA) is 105 Å². The van der Waals surface area contributed by atoms with E-state index in [1.165, 1.54) is 173 Å². The van der Waals surface area contributed by atoms with Gasteiger partial charge in [-0.3, -0.25) is 13.8 Å². The first-order valence-electron chi connectivity index (χ1n) is 24.7. The summed E-state index contributed by atoms with van der Waals surface area (Å²) < 4.78 is 23.6. The van der Waals surface area contributed by atoms with Crippen molar-refractivity contribution in [2.24, 2.45) is 0 Å². The van der Waals surface area contributed by atoms with E-state index < -0.39 is 20.0 Å². The third-order valence-electron chi connectivity index (χ3n) is 11.2. The summed E-state index contributed by atoms with van der Waals surface area (Å²) >= 11 is 0. The number of hydrogen-bond donors (Lipinski definition) is 3. The Hall–Kier alpha value is -1.02. The van der Waals surface area contributed by atoms with Gasteiger partial charge in [-0.1, -0.05) is 218 Å². The average Bonchev–Trinajstić information content (AvgIpc) is 3.17. The van der Waals surface area contributed by atoms with E-state index in [0.29, 0.717) is 17.4 Å². The van der Waals surface area contributed by atoms with Gasteiger partial charge in [-0.05, 0) is 32.1 Å². The number of hydrogen-bond acceptors (Lipinski definition) is 5. The minimum atomic E-state index is -4.34. The van der Waals surface area contributed by atoms with Crippen LogP contribution < -0.4 is 5.32 Å². The molecule has 8 nitrogen and oxygen atoms in total. The van der Waals surface area contributed by atoms with E-state index in [0.717, 1.165) is 38.5 Å². The van der Waals surface area contributed by atoms with Gasteiger partial charge in [0, 0.05) is 6.42 Å². The molecule has 58 heavy (non-hydrogen) atoms. The van der Waals surface area contributed by atoms with Crippen LogP contribution in [0.5, 0.6) is 0 Å². The molecule has 0 aromatic carbocycles. The van der Waals surface area contributed by atoms with E-state index in [4.69, 9.17) is 9.05 Å². The third kappa shape index (κ3) is 43.1. The number of unbranched alkanes of at least 4 members (excludes halogenated alkanes) is 30. The Morgan fingerprint density at radius 1 is 0.569 bits per heavy atom. The fourth-order valence-corrected chi connectivity index (χ4v) is 7.97. The minimum Gasteiger partial charge on any atom is -0.387 e. The molecular formula is C49H98N2O6P+. The second-order valence-corrected chi connectivity index (χ2v) is 19.6. The molecule has 0 rings (SSSR count). The van der Waals surface area contributed by atoms with Gasteiger partial charge in [-0.2, -0.15) is 0 Å². The zero-order valence-corrected chi connectivity index (χ0v) is 39.9. The summed E-state index contributed by atoms with van der Waals surface area (Å²) in [6, 6.07) is -0.858. The fourth-order valence-electron chi connectivity index (χ4n) is 7.23. The maximum Gasteiger partial charge on any atom is 0.472 e. The quantitative estimate of drug-likeness (QED) is 0.0244. The molecule has 9 heteroatoms. The summed E-state index contributed by atoms with van der Waals surface area (Å²) in [7, 11) is 1.56. The van der Waals surface area contributed by atoms with E-state index in [-0.39, 0.29) is 19.1 Å². The third-order valence-corrected chi connectivity index (χ3v) is 12.2. The molecule has 3 atom stereocenters. The highest BCUT2D eigenvalue weighted by molar-refractivity contribution is 7.47. The van der Waals surface area contributed by atoms with E-state index in [9.17, 15) is 19.4 Å². The van der Waals surface area contributed by atoms with Crippen LogP contribution in [-0.2, 0) is 18.4 Å². The minimum absolute atomic E-state index is 0.0584. The van der Waals surface area contributed by atoms with Crippen LogP contribution >= 0.6 is 7.82 Å². The number of likely N-dealkylation sites (N-methyl/N-ethyl adjacent to an activating group) is 1. The predicted octanol–water partition coefficient (Wildman–Crippen LogP) is 14.1. The lowest BCUT2D eigenvalue weighted by atomic mass is 10.0. The van der Waals surface area contributed by atoms with Crippen LogP contribution in [0.25, 0.3) is 0 Å². The first kappa shape index (κ1) is 57.0. The molecule has 0 aliphatic rings. The molecule has 1 amide bonds. The van der Waals surface area contributed by atoms with Gasteiger partial charge in [0.1, 0.15) is 13.2 Å². The monoisotopic (exact) mass is 842 g/mol. The summed E-state index contributed by atoms with van der Waals surface area (Å²) in [5.41, 5.74) is 0. The molecule has 0 radical (unpaired) electrons. The van der Waals surface area contributed by atoms with Crippen LogP contribution in [0.3, 0.4) is 0 Å². The van der Waals surface area contributed by atoms with Crippen molar-refractivity contribution >= 4 is 13.7 Å². The number of carbonyl (C=O) groups excluding carboxylic acids is 1. The Labute approximate surface area is 360 Å². The van der Waals surface area contributed by atoms with E-state index in [1.54, 1.807) is 6.08 Å². The number of allylic oxidation sites excluding steroid dienone is 3. The summed E-state index contributed by atoms with van der Waals surface area (Å²) in [6.07, 6.45) is 49.8. The number of phosphoric acid groups is 1. The molecule has 0 fully saturated rings. The second-order valence-electron chi connectivity index (χ2n) is 18.2. The average molecular weight is 842 g/mol. The number of aliphatic hydroxyl groups excluding tert-OH is 1. The Kier molecular flexibility index (Phi) is 40.6. The van der Waals surface area contributed by atoms with Crippen molar-refractivity contribution in [3.05, 3.63) is 24.3 Å². The van der Waals surface area contributed by atoms with Gasteiger partial charge in [0.05, 0.1) is 39.9 Å². The molecule has 3 N–H and O–H groups in total. The Morgan fingerprint density at radius 3 is 1.38 bits per heavy atom. The van der Waals surface area contributed by atoms with Gasteiger partial charge < -0.3 is 19.8 Å². The van der Waals surface area contributed by atoms with Crippen molar-refractivity contribution in [2.45, 2.75) is 244 Å². The number of quaternary nitrogens is 1. The maximum atomic E-state index is 12.9. The van der Waals surface area contributed by atoms with E-state index in [2.05, 4.69) is 31.3 Å². The van der Waals surface area contributed by atoms with Crippen molar-refractivity contribution in [3.63, 3.8) is 0 Å². The number of nitrogens with one attached hydrogen (secondary N) is 1. The lowest BCUT2D eigenvalue weighted by Gasteiger charge is -2.25. The number of nitrogens with zero attached hydrogens (tertiary/aromatic N) is 1. The van der Waals surface area contributed by atoms with Crippen LogP contribution in [0.2, 0.25) is 0 Å². The number of amides is 1. The lowest BCUT2D eigenvalue weighted by Crippen LogP contribution is -2.45. The fraction of sp³-hybridized carbons (Fsp3) is 0.898. The van der Waals surface area contributed by atoms with E-state index >= 15 is 0 Å². The second kappa shape index (κ2) is 41.3. The summed E-state index contributed by atoms with van der Waals surface area (Å²) in [5.74, 6) is -0.185. The van der Waals surface area contributed by atoms with Gasteiger partial charge in [0.15, 0.2) is 0 Å². The number of rotatable bonds is 45. The van der Waals surface area contributed by atoms with Crippen molar-refractivity contribution in [1.82, 2.24) is 5.32 Å². The summed E-state index contributed by atoms with van der Waals surface area (Å²) in [6.45, 7) is 4.81. The molecule has 3 unspecified atom stereocenters. The number of aliphatic hydroxyl groups is 1. The maximum absolute atomic E-state index is 12.9. The van der Waals surface area contributed by atoms with Gasteiger partial charge in [-0.25, -0.2) is 4.57 Å². The molecule has 0 aromatic rings. The summed E-state index contributed by atoms with van der Waals surface area (Å²) in [4.78, 5) is 23.1. The molecule has 0 aliphatic heterocycles. The number of carbonyl (C=O) groups is 1. The van der Waals surface area contributed by atoms with Crippen molar-refractivity contribution in [1.29, 1.82) is 0 Å². The van der Waals surface area contributed by atoms with Crippen LogP contribution in [-0.4, -0.2) is 73.4 Å². The molecule has 0 bridgehead atoms. The largest absolute Gasteiger partial charge is 0.472 e. The Bertz CT molecular complexity index is 1000. The zero-order valence-electron chi connectivity index (χ0n) is 39.0. The SMILES string of the molecule is CCCCCCCCCCCCCCCCCCC/C=C/CC/C=C/C(O)C(COP(=O)(O)OCC[N+](C)(C)C)NC(=O)CCCCCCCCCCCCCCC. The summed E-state index contributed by atoms with van der Waals surface area (Å²) in [5, 5.41) is 13.8. The predicted molar refractivity (Wildman–Crippen MR) is 249 cm³/mol. The standard InChI is InChI=1S/C49H97N2O6P/c1-6-8-10-12-14-16-18-20-21-22-23-24-25-26-27-28-29-31-32-34-36-38-40-42-48(52)47(46-57-58(54,55)56-45-44-51(3,4)5)50-49(53)43-41-39-37-35-33-30-19-17-15-13-11-9-7-2/h32,34,40,42,47-48,52H,6-31,33,35-39,41,43-46H2,1-5H3,(H-,50,53,54,55)/p+1/b34-32+,42-40+. The highest BCUT2D eigenvalue weighted by Gasteiger charge is 2.27. The smallest absolute Gasteiger partial charge is 0.387 e. The van der Waals surface area contributed by atoms with Gasteiger partial charge in [0.25, 0.3) is 0 Å². The lowest BCUT2D eigenvalue weighted by molar-refractivity contribution is -0.870. The van der Waals surface area contributed by atoms with Crippen LogP contribution in [0.1, 0.15) is 232 Å². The van der Waals surface area contributed by atoms with E-state index in [1.807, 2.05) is 27.2 Å². The molecule has 0 saturated carbocycles. The number of phosphoric ester groups is 1. The normalized spacial score (nSPS) is 14.4. The Balaban J connectivity index is 4.32.